The highest BCUT2D eigenvalue weighted by molar-refractivity contribution is 5.65. The van der Waals surface area contributed by atoms with Gasteiger partial charge in [0.2, 0.25) is 0 Å². The monoisotopic (exact) mass is 190 g/mol. The van der Waals surface area contributed by atoms with E-state index in [0.717, 1.165) is 12.8 Å². The first kappa shape index (κ1) is 12.4. The number of unbranched alkanes of at least 4 members (excludes halogenated alkanes) is 1. The van der Waals surface area contributed by atoms with Gasteiger partial charge in [-0.2, -0.15) is 0 Å². The zero-order valence-electron chi connectivity index (χ0n) is 8.28. The van der Waals surface area contributed by atoms with Crippen LogP contribution in [0.3, 0.4) is 0 Å². The average Bonchev–Trinajstić information content (AvgIpc) is 2.09. The molecule has 0 radical (unpaired) electrons. The largest absolute Gasteiger partial charge is 0.463 e. The predicted molar refractivity (Wildman–Crippen MR) is 48.4 cm³/mol. The molecule has 1 atom stereocenters. The van der Waals surface area contributed by atoms with Crippen molar-refractivity contribution < 1.29 is 19.4 Å². The van der Waals surface area contributed by atoms with Gasteiger partial charge in [-0.15, -0.1) is 0 Å². The van der Waals surface area contributed by atoms with Crippen molar-refractivity contribution in [3.05, 3.63) is 0 Å². The lowest BCUT2D eigenvalue weighted by atomic mass is 10.3. The van der Waals surface area contributed by atoms with Gasteiger partial charge in [-0.25, -0.2) is 0 Å². The molecule has 0 aromatic carbocycles. The van der Waals surface area contributed by atoms with E-state index in [1.807, 2.05) is 0 Å². The number of carbonyl (C=O) groups excluding carboxylic acids is 1. The first-order chi connectivity index (χ1) is 6.16. The second kappa shape index (κ2) is 8.01. The maximum absolute atomic E-state index is 10.4. The minimum atomic E-state index is -0.708. The van der Waals surface area contributed by atoms with Crippen molar-refractivity contribution in [1.82, 2.24) is 0 Å². The molecule has 0 saturated carbocycles. The van der Waals surface area contributed by atoms with Crippen LogP contribution in [0.1, 0.15) is 26.7 Å². The van der Waals surface area contributed by atoms with Gasteiger partial charge < -0.3 is 14.6 Å². The summed E-state index contributed by atoms with van der Waals surface area (Å²) < 4.78 is 9.72. The van der Waals surface area contributed by atoms with Crippen molar-refractivity contribution in [3.63, 3.8) is 0 Å². The lowest BCUT2D eigenvalue weighted by molar-refractivity contribution is -0.145. The Morgan fingerprint density at radius 2 is 2.15 bits per heavy atom. The summed E-state index contributed by atoms with van der Waals surface area (Å²) in [5.41, 5.74) is 0. The second-order valence-electron chi connectivity index (χ2n) is 2.88. The van der Waals surface area contributed by atoms with Crippen molar-refractivity contribution in [2.75, 3.05) is 19.8 Å². The summed E-state index contributed by atoms with van der Waals surface area (Å²) in [4.78, 5) is 10.4. The molecular formula is C9H18O4. The van der Waals surface area contributed by atoms with Crippen molar-refractivity contribution in [2.24, 2.45) is 0 Å². The highest BCUT2D eigenvalue weighted by atomic mass is 16.5. The molecule has 0 bridgehead atoms. The average molecular weight is 190 g/mol. The smallest absolute Gasteiger partial charge is 0.302 e. The summed E-state index contributed by atoms with van der Waals surface area (Å²) in [6.45, 7) is 4.27. The number of rotatable bonds is 7. The zero-order chi connectivity index (χ0) is 10.1. The van der Waals surface area contributed by atoms with E-state index in [1.165, 1.54) is 6.92 Å². The van der Waals surface area contributed by atoms with Gasteiger partial charge >= 0.3 is 5.97 Å². The van der Waals surface area contributed by atoms with E-state index in [4.69, 9.17) is 4.74 Å². The topological polar surface area (TPSA) is 55.8 Å². The van der Waals surface area contributed by atoms with Crippen LogP contribution in [-0.4, -0.2) is 37.0 Å². The van der Waals surface area contributed by atoms with Crippen molar-refractivity contribution in [1.29, 1.82) is 0 Å². The maximum atomic E-state index is 10.4. The molecule has 13 heavy (non-hydrogen) atoms. The van der Waals surface area contributed by atoms with Gasteiger partial charge in [0.05, 0.1) is 6.61 Å². The molecule has 0 aliphatic rings. The van der Waals surface area contributed by atoms with E-state index in [-0.39, 0.29) is 19.2 Å². The molecule has 1 unspecified atom stereocenters. The van der Waals surface area contributed by atoms with Gasteiger partial charge in [-0.1, -0.05) is 13.3 Å². The Kier molecular flexibility index (Phi) is 7.63. The van der Waals surface area contributed by atoms with Crippen LogP contribution >= 0.6 is 0 Å². The van der Waals surface area contributed by atoms with E-state index < -0.39 is 6.10 Å². The van der Waals surface area contributed by atoms with Gasteiger partial charge in [-0.05, 0) is 6.42 Å². The summed E-state index contributed by atoms with van der Waals surface area (Å²) in [5, 5.41) is 9.20. The van der Waals surface area contributed by atoms with E-state index in [9.17, 15) is 9.90 Å². The third-order valence-corrected chi connectivity index (χ3v) is 1.43. The number of hydrogen-bond acceptors (Lipinski definition) is 4. The van der Waals surface area contributed by atoms with Crippen molar-refractivity contribution >= 4 is 5.97 Å². The highest BCUT2D eigenvalue weighted by Gasteiger charge is 2.05. The zero-order valence-corrected chi connectivity index (χ0v) is 8.28. The van der Waals surface area contributed by atoms with E-state index >= 15 is 0 Å². The molecule has 0 saturated heterocycles. The van der Waals surface area contributed by atoms with Gasteiger partial charge in [0.15, 0.2) is 0 Å². The van der Waals surface area contributed by atoms with Crippen LogP contribution < -0.4 is 0 Å². The van der Waals surface area contributed by atoms with Crippen LogP contribution in [0.4, 0.5) is 0 Å². The molecule has 0 amide bonds. The molecule has 0 aromatic heterocycles. The predicted octanol–water partition coefficient (Wildman–Crippen LogP) is 0.727. The Balaban J connectivity index is 3.19. The highest BCUT2D eigenvalue weighted by Crippen LogP contribution is 1.92. The second-order valence-corrected chi connectivity index (χ2v) is 2.88. The molecule has 0 rings (SSSR count). The number of hydrogen-bond donors (Lipinski definition) is 1. The Morgan fingerprint density at radius 1 is 1.46 bits per heavy atom. The number of carbonyl (C=O) groups is 1. The first-order valence-corrected chi connectivity index (χ1v) is 4.56. The van der Waals surface area contributed by atoms with Crippen LogP contribution in [0.2, 0.25) is 0 Å². The van der Waals surface area contributed by atoms with Crippen LogP contribution in [-0.2, 0) is 14.3 Å². The molecule has 0 aliphatic heterocycles. The molecule has 0 aliphatic carbocycles. The Morgan fingerprint density at radius 3 is 2.69 bits per heavy atom. The standard InChI is InChI=1S/C9H18O4/c1-3-4-5-12-6-9(11)7-13-8(2)10/h9,11H,3-7H2,1-2H3. The third-order valence-electron chi connectivity index (χ3n) is 1.43. The fraction of sp³-hybridized carbons (Fsp3) is 0.889. The van der Waals surface area contributed by atoms with Gasteiger partial charge in [0.25, 0.3) is 0 Å². The Labute approximate surface area is 78.8 Å². The van der Waals surface area contributed by atoms with Gasteiger partial charge in [-0.3, -0.25) is 4.79 Å². The molecule has 78 valence electrons. The van der Waals surface area contributed by atoms with Crippen molar-refractivity contribution in [3.8, 4) is 0 Å². The number of aliphatic hydroxyl groups excluding tert-OH is 1. The lowest BCUT2D eigenvalue weighted by Gasteiger charge is -2.10. The molecule has 4 nitrogen and oxygen atoms in total. The van der Waals surface area contributed by atoms with Gasteiger partial charge in [0.1, 0.15) is 12.7 Å². The summed E-state index contributed by atoms with van der Waals surface area (Å²) in [6, 6.07) is 0. The Bertz CT molecular complexity index is 136. The number of aliphatic hydroxyl groups is 1. The van der Waals surface area contributed by atoms with Crippen LogP contribution in [0.15, 0.2) is 0 Å². The quantitative estimate of drug-likeness (QED) is 0.475. The fourth-order valence-corrected chi connectivity index (χ4v) is 0.727. The SMILES string of the molecule is CCCCOCC(O)COC(C)=O. The minimum absolute atomic E-state index is 0.0153. The molecule has 0 aromatic rings. The van der Waals surface area contributed by atoms with Crippen LogP contribution in [0.5, 0.6) is 0 Å². The molecule has 4 heteroatoms. The molecule has 0 heterocycles. The van der Waals surface area contributed by atoms with Gasteiger partial charge in [0, 0.05) is 13.5 Å². The number of esters is 1. The third kappa shape index (κ3) is 9.30. The molecular weight excluding hydrogens is 172 g/mol. The normalized spacial score (nSPS) is 12.5. The van der Waals surface area contributed by atoms with Crippen molar-refractivity contribution in [2.45, 2.75) is 32.8 Å². The van der Waals surface area contributed by atoms with Crippen LogP contribution in [0.25, 0.3) is 0 Å². The maximum Gasteiger partial charge on any atom is 0.302 e. The molecule has 0 spiro atoms. The minimum Gasteiger partial charge on any atom is -0.463 e. The fourth-order valence-electron chi connectivity index (χ4n) is 0.727. The van der Waals surface area contributed by atoms with Crippen LogP contribution in [0, 0.1) is 0 Å². The van der Waals surface area contributed by atoms with E-state index in [1.54, 1.807) is 0 Å². The molecule has 1 N–H and O–H groups in total. The van der Waals surface area contributed by atoms with E-state index in [0.29, 0.717) is 6.61 Å². The summed E-state index contributed by atoms with van der Waals surface area (Å²) in [5.74, 6) is -0.382. The molecule has 0 fully saturated rings. The summed E-state index contributed by atoms with van der Waals surface area (Å²) in [6.07, 6.45) is 1.35. The Hall–Kier alpha value is -0.610. The van der Waals surface area contributed by atoms with E-state index in [2.05, 4.69) is 11.7 Å². The first-order valence-electron chi connectivity index (χ1n) is 4.56. The number of ether oxygens (including phenoxy) is 2. The lowest BCUT2D eigenvalue weighted by Crippen LogP contribution is -2.23. The summed E-state index contributed by atoms with van der Waals surface area (Å²) >= 11 is 0. The summed E-state index contributed by atoms with van der Waals surface area (Å²) in [7, 11) is 0.